The molecular weight excluding hydrogens is 230 g/mol. The lowest BCUT2D eigenvalue weighted by Gasteiger charge is -2.11. The standard InChI is InChI=1S/C12H15N5O/c1-9(8-13)16-12(18)11-7-10(3-5-14-11)17-6-2-4-15-17/h2-7,9H,8,13H2,1H3,(H,16,18)/t9-/m0/s1. The summed E-state index contributed by atoms with van der Waals surface area (Å²) in [7, 11) is 0. The highest BCUT2D eigenvalue weighted by Gasteiger charge is 2.10. The Balaban J connectivity index is 2.20. The van der Waals surface area contributed by atoms with E-state index in [0.29, 0.717) is 12.2 Å². The van der Waals surface area contributed by atoms with Crippen molar-refractivity contribution >= 4 is 5.91 Å². The predicted octanol–water partition coefficient (Wildman–Crippen LogP) is 0.344. The number of aromatic nitrogens is 3. The van der Waals surface area contributed by atoms with Crippen molar-refractivity contribution in [2.24, 2.45) is 5.73 Å². The molecule has 0 aliphatic heterocycles. The molecule has 94 valence electrons. The minimum Gasteiger partial charge on any atom is -0.347 e. The second-order valence-corrected chi connectivity index (χ2v) is 3.96. The van der Waals surface area contributed by atoms with E-state index in [1.165, 1.54) is 0 Å². The van der Waals surface area contributed by atoms with Crippen molar-refractivity contribution in [3.05, 3.63) is 42.5 Å². The lowest BCUT2D eigenvalue weighted by Crippen LogP contribution is -2.38. The van der Waals surface area contributed by atoms with Gasteiger partial charge >= 0.3 is 0 Å². The van der Waals surface area contributed by atoms with Gasteiger partial charge in [0, 0.05) is 31.2 Å². The number of hydrogen-bond donors (Lipinski definition) is 2. The zero-order valence-electron chi connectivity index (χ0n) is 10.1. The number of nitrogens with one attached hydrogen (secondary N) is 1. The van der Waals surface area contributed by atoms with Crippen molar-refractivity contribution in [1.82, 2.24) is 20.1 Å². The summed E-state index contributed by atoms with van der Waals surface area (Å²) in [6.45, 7) is 2.24. The van der Waals surface area contributed by atoms with Crippen molar-refractivity contribution in [1.29, 1.82) is 0 Å². The Hall–Kier alpha value is -2.21. The van der Waals surface area contributed by atoms with E-state index in [1.54, 1.807) is 35.4 Å². The molecule has 2 aromatic heterocycles. The quantitative estimate of drug-likeness (QED) is 0.813. The second kappa shape index (κ2) is 5.42. The second-order valence-electron chi connectivity index (χ2n) is 3.96. The van der Waals surface area contributed by atoms with Gasteiger partial charge in [-0.25, -0.2) is 4.68 Å². The van der Waals surface area contributed by atoms with E-state index in [-0.39, 0.29) is 11.9 Å². The van der Waals surface area contributed by atoms with Crippen LogP contribution in [-0.2, 0) is 0 Å². The van der Waals surface area contributed by atoms with E-state index < -0.39 is 0 Å². The van der Waals surface area contributed by atoms with Crippen LogP contribution in [0, 0.1) is 0 Å². The fourth-order valence-electron chi connectivity index (χ4n) is 1.46. The van der Waals surface area contributed by atoms with E-state index in [9.17, 15) is 4.79 Å². The van der Waals surface area contributed by atoms with Crippen LogP contribution in [0.1, 0.15) is 17.4 Å². The summed E-state index contributed by atoms with van der Waals surface area (Å²) >= 11 is 0. The summed E-state index contributed by atoms with van der Waals surface area (Å²) in [5.74, 6) is -0.234. The molecule has 0 unspecified atom stereocenters. The molecule has 0 aliphatic rings. The maximum Gasteiger partial charge on any atom is 0.270 e. The number of hydrogen-bond acceptors (Lipinski definition) is 4. The molecular formula is C12H15N5O. The Bertz CT molecular complexity index is 523. The van der Waals surface area contributed by atoms with Gasteiger partial charge in [0.05, 0.1) is 5.69 Å². The summed E-state index contributed by atoms with van der Waals surface area (Å²) in [5, 5.41) is 6.86. The van der Waals surface area contributed by atoms with E-state index in [0.717, 1.165) is 5.69 Å². The maximum absolute atomic E-state index is 11.9. The minimum atomic E-state index is -0.234. The zero-order valence-corrected chi connectivity index (χ0v) is 10.1. The van der Waals surface area contributed by atoms with Gasteiger partial charge in [-0.3, -0.25) is 9.78 Å². The predicted molar refractivity (Wildman–Crippen MR) is 67.3 cm³/mol. The Morgan fingerprint density at radius 1 is 1.56 bits per heavy atom. The number of carbonyl (C=O) groups excluding carboxylic acids is 1. The fourth-order valence-corrected chi connectivity index (χ4v) is 1.46. The summed E-state index contributed by atoms with van der Waals surface area (Å²) in [4.78, 5) is 15.9. The largest absolute Gasteiger partial charge is 0.347 e. The number of nitrogens with zero attached hydrogens (tertiary/aromatic N) is 3. The number of carbonyl (C=O) groups is 1. The third kappa shape index (κ3) is 2.72. The van der Waals surface area contributed by atoms with Crippen molar-refractivity contribution < 1.29 is 4.79 Å². The highest BCUT2D eigenvalue weighted by Crippen LogP contribution is 2.07. The molecule has 1 atom stereocenters. The van der Waals surface area contributed by atoms with E-state index in [1.807, 2.05) is 13.0 Å². The first-order valence-electron chi connectivity index (χ1n) is 5.67. The normalized spacial score (nSPS) is 12.1. The van der Waals surface area contributed by atoms with Crippen LogP contribution in [0.3, 0.4) is 0 Å². The van der Waals surface area contributed by atoms with Crippen molar-refractivity contribution in [3.63, 3.8) is 0 Å². The number of amides is 1. The van der Waals surface area contributed by atoms with Crippen LogP contribution in [-0.4, -0.2) is 33.3 Å². The summed E-state index contributed by atoms with van der Waals surface area (Å²) in [6, 6.07) is 5.21. The van der Waals surface area contributed by atoms with Gasteiger partial charge in [-0.2, -0.15) is 5.10 Å². The molecule has 0 fully saturated rings. The van der Waals surface area contributed by atoms with Gasteiger partial charge in [-0.1, -0.05) is 0 Å². The average molecular weight is 245 g/mol. The van der Waals surface area contributed by atoms with Gasteiger partial charge in [0.2, 0.25) is 0 Å². The van der Waals surface area contributed by atoms with E-state index in [4.69, 9.17) is 5.73 Å². The van der Waals surface area contributed by atoms with Gasteiger partial charge < -0.3 is 11.1 Å². The van der Waals surface area contributed by atoms with Crippen LogP contribution in [0.5, 0.6) is 0 Å². The van der Waals surface area contributed by atoms with Crippen molar-refractivity contribution in [3.8, 4) is 5.69 Å². The molecule has 0 saturated carbocycles. The molecule has 0 saturated heterocycles. The lowest BCUT2D eigenvalue weighted by atomic mass is 10.2. The molecule has 6 heteroatoms. The first-order valence-corrected chi connectivity index (χ1v) is 5.67. The van der Waals surface area contributed by atoms with Crippen LogP contribution in [0.4, 0.5) is 0 Å². The molecule has 2 rings (SSSR count). The molecule has 2 heterocycles. The molecule has 0 aromatic carbocycles. The van der Waals surface area contributed by atoms with Gasteiger partial charge in [-0.15, -0.1) is 0 Å². The first-order chi connectivity index (χ1) is 8.70. The third-order valence-electron chi connectivity index (χ3n) is 2.48. The monoisotopic (exact) mass is 245 g/mol. The van der Waals surface area contributed by atoms with Crippen LogP contribution < -0.4 is 11.1 Å². The number of rotatable bonds is 4. The van der Waals surface area contributed by atoms with Crippen molar-refractivity contribution in [2.45, 2.75) is 13.0 Å². The Morgan fingerprint density at radius 2 is 2.39 bits per heavy atom. The molecule has 2 aromatic rings. The Kier molecular flexibility index (Phi) is 3.69. The topological polar surface area (TPSA) is 85.8 Å². The van der Waals surface area contributed by atoms with Gasteiger partial charge in [0.1, 0.15) is 5.69 Å². The molecule has 0 spiro atoms. The molecule has 3 N–H and O–H groups in total. The molecule has 0 bridgehead atoms. The molecule has 1 amide bonds. The third-order valence-corrected chi connectivity index (χ3v) is 2.48. The lowest BCUT2D eigenvalue weighted by molar-refractivity contribution is 0.0936. The zero-order chi connectivity index (χ0) is 13.0. The van der Waals surface area contributed by atoms with Gasteiger partial charge in [0.25, 0.3) is 5.91 Å². The maximum atomic E-state index is 11.9. The van der Waals surface area contributed by atoms with Crippen molar-refractivity contribution in [2.75, 3.05) is 6.54 Å². The summed E-state index contributed by atoms with van der Waals surface area (Å²) in [5.41, 5.74) is 6.60. The molecule has 18 heavy (non-hydrogen) atoms. The highest BCUT2D eigenvalue weighted by atomic mass is 16.1. The highest BCUT2D eigenvalue weighted by molar-refractivity contribution is 5.92. The van der Waals surface area contributed by atoms with Crippen LogP contribution in [0.25, 0.3) is 5.69 Å². The molecule has 0 radical (unpaired) electrons. The van der Waals surface area contributed by atoms with Gasteiger partial charge in [0.15, 0.2) is 0 Å². The number of nitrogens with two attached hydrogens (primary N) is 1. The SMILES string of the molecule is C[C@@H](CN)NC(=O)c1cc(-n2cccn2)ccn1. The van der Waals surface area contributed by atoms with Gasteiger partial charge in [-0.05, 0) is 25.1 Å². The van der Waals surface area contributed by atoms with Crippen LogP contribution >= 0.6 is 0 Å². The van der Waals surface area contributed by atoms with Crippen LogP contribution in [0.2, 0.25) is 0 Å². The smallest absolute Gasteiger partial charge is 0.270 e. The van der Waals surface area contributed by atoms with Crippen LogP contribution in [0.15, 0.2) is 36.8 Å². The van der Waals surface area contributed by atoms with E-state index in [2.05, 4.69) is 15.4 Å². The first kappa shape index (κ1) is 12.3. The van der Waals surface area contributed by atoms with E-state index >= 15 is 0 Å². The summed E-state index contributed by atoms with van der Waals surface area (Å²) < 4.78 is 1.67. The average Bonchev–Trinajstić information content (AvgIpc) is 2.92. The summed E-state index contributed by atoms with van der Waals surface area (Å²) in [6.07, 6.45) is 5.06. The fraction of sp³-hybridized carbons (Fsp3) is 0.250. The Morgan fingerprint density at radius 3 is 3.06 bits per heavy atom. The molecule has 0 aliphatic carbocycles. The number of pyridine rings is 1. The minimum absolute atomic E-state index is 0.0762. The molecule has 6 nitrogen and oxygen atoms in total. The Labute approximate surface area is 105 Å².